The SMILES string of the molecule is CC(C)(C#N)CNC(=O)C1CCCCC1N. The summed E-state index contributed by atoms with van der Waals surface area (Å²) in [7, 11) is 0. The second kappa shape index (κ2) is 5.31. The Morgan fingerprint density at radius 2 is 2.12 bits per heavy atom. The summed E-state index contributed by atoms with van der Waals surface area (Å²) in [5.74, 6) is -0.0567. The van der Waals surface area contributed by atoms with Gasteiger partial charge in [-0.15, -0.1) is 0 Å². The predicted octanol–water partition coefficient (Wildman–Crippen LogP) is 1.17. The zero-order valence-electron chi connectivity index (χ0n) is 10.1. The van der Waals surface area contributed by atoms with E-state index >= 15 is 0 Å². The largest absolute Gasteiger partial charge is 0.354 e. The van der Waals surface area contributed by atoms with Crippen LogP contribution < -0.4 is 11.1 Å². The highest BCUT2D eigenvalue weighted by atomic mass is 16.1. The van der Waals surface area contributed by atoms with E-state index in [-0.39, 0.29) is 17.9 Å². The third-order valence-electron chi connectivity index (χ3n) is 3.16. The minimum atomic E-state index is -0.506. The summed E-state index contributed by atoms with van der Waals surface area (Å²) < 4.78 is 0. The normalized spacial score (nSPS) is 25.9. The van der Waals surface area contributed by atoms with Crippen molar-refractivity contribution in [1.82, 2.24) is 5.32 Å². The van der Waals surface area contributed by atoms with E-state index in [1.54, 1.807) is 0 Å². The summed E-state index contributed by atoms with van der Waals surface area (Å²) >= 11 is 0. The molecule has 1 aliphatic carbocycles. The second-order valence-corrected chi connectivity index (χ2v) is 5.27. The van der Waals surface area contributed by atoms with Gasteiger partial charge in [0.05, 0.1) is 17.4 Å². The van der Waals surface area contributed by atoms with Crippen molar-refractivity contribution in [1.29, 1.82) is 5.26 Å². The van der Waals surface area contributed by atoms with Gasteiger partial charge < -0.3 is 11.1 Å². The second-order valence-electron chi connectivity index (χ2n) is 5.27. The van der Waals surface area contributed by atoms with Crippen LogP contribution in [-0.4, -0.2) is 18.5 Å². The highest BCUT2D eigenvalue weighted by Crippen LogP contribution is 2.23. The van der Waals surface area contributed by atoms with E-state index in [9.17, 15) is 4.79 Å². The van der Waals surface area contributed by atoms with Crippen LogP contribution in [0.1, 0.15) is 39.5 Å². The molecule has 1 aliphatic rings. The number of nitrogens with two attached hydrogens (primary N) is 1. The van der Waals surface area contributed by atoms with E-state index in [2.05, 4.69) is 11.4 Å². The number of nitrogens with one attached hydrogen (secondary N) is 1. The van der Waals surface area contributed by atoms with Gasteiger partial charge in [0.2, 0.25) is 5.91 Å². The third kappa shape index (κ3) is 3.49. The van der Waals surface area contributed by atoms with Crippen molar-refractivity contribution in [3.8, 4) is 6.07 Å². The topological polar surface area (TPSA) is 78.9 Å². The van der Waals surface area contributed by atoms with E-state index in [0.29, 0.717) is 6.54 Å². The van der Waals surface area contributed by atoms with E-state index in [0.717, 1.165) is 25.7 Å². The highest BCUT2D eigenvalue weighted by molar-refractivity contribution is 5.79. The fraction of sp³-hybridized carbons (Fsp3) is 0.833. The van der Waals surface area contributed by atoms with Crippen LogP contribution in [0, 0.1) is 22.7 Å². The van der Waals surface area contributed by atoms with Gasteiger partial charge in [-0.25, -0.2) is 0 Å². The zero-order valence-corrected chi connectivity index (χ0v) is 10.1. The minimum absolute atomic E-state index is 0.00975. The predicted molar refractivity (Wildman–Crippen MR) is 62.3 cm³/mol. The summed E-state index contributed by atoms with van der Waals surface area (Å²) in [5, 5.41) is 11.7. The Morgan fingerprint density at radius 3 is 2.69 bits per heavy atom. The maximum atomic E-state index is 11.9. The third-order valence-corrected chi connectivity index (χ3v) is 3.16. The number of amides is 1. The van der Waals surface area contributed by atoms with Crippen LogP contribution in [0.5, 0.6) is 0 Å². The van der Waals surface area contributed by atoms with Crippen LogP contribution >= 0.6 is 0 Å². The Kier molecular flexibility index (Phi) is 4.31. The number of rotatable bonds is 3. The van der Waals surface area contributed by atoms with Gasteiger partial charge in [0.15, 0.2) is 0 Å². The van der Waals surface area contributed by atoms with Gasteiger partial charge in [0, 0.05) is 12.6 Å². The van der Waals surface area contributed by atoms with E-state index in [1.807, 2.05) is 13.8 Å². The number of nitriles is 1. The summed E-state index contributed by atoms with van der Waals surface area (Å²) in [4.78, 5) is 11.9. The molecular weight excluding hydrogens is 202 g/mol. The van der Waals surface area contributed by atoms with Crippen molar-refractivity contribution in [2.45, 2.75) is 45.6 Å². The quantitative estimate of drug-likeness (QED) is 0.753. The Labute approximate surface area is 97.2 Å². The molecular formula is C12H21N3O. The van der Waals surface area contributed by atoms with Gasteiger partial charge in [-0.2, -0.15) is 5.26 Å². The molecule has 2 atom stereocenters. The smallest absolute Gasteiger partial charge is 0.224 e. The van der Waals surface area contributed by atoms with Gasteiger partial charge in [-0.05, 0) is 26.7 Å². The number of hydrogen-bond donors (Lipinski definition) is 2. The van der Waals surface area contributed by atoms with Crippen LogP contribution in [0.3, 0.4) is 0 Å². The molecule has 90 valence electrons. The average molecular weight is 223 g/mol. The van der Waals surface area contributed by atoms with Crippen LogP contribution in [0.25, 0.3) is 0 Å². The number of nitrogens with zero attached hydrogens (tertiary/aromatic N) is 1. The number of carbonyl (C=O) groups is 1. The standard InChI is InChI=1S/C12H21N3O/c1-12(2,7-13)8-15-11(16)9-5-3-4-6-10(9)14/h9-10H,3-6,8,14H2,1-2H3,(H,15,16). The first-order valence-corrected chi connectivity index (χ1v) is 5.91. The molecule has 0 radical (unpaired) electrons. The van der Waals surface area contributed by atoms with Crippen LogP contribution in [0.15, 0.2) is 0 Å². The van der Waals surface area contributed by atoms with Crippen molar-refractivity contribution in [2.24, 2.45) is 17.1 Å². The van der Waals surface area contributed by atoms with Crippen LogP contribution in [0.4, 0.5) is 0 Å². The molecule has 16 heavy (non-hydrogen) atoms. The van der Waals surface area contributed by atoms with E-state index in [1.165, 1.54) is 0 Å². The molecule has 0 aliphatic heterocycles. The lowest BCUT2D eigenvalue weighted by atomic mass is 9.84. The summed E-state index contributed by atoms with van der Waals surface area (Å²) in [6.07, 6.45) is 4.00. The van der Waals surface area contributed by atoms with Crippen molar-refractivity contribution < 1.29 is 4.79 Å². The lowest BCUT2D eigenvalue weighted by Gasteiger charge is -2.28. The number of carbonyl (C=O) groups excluding carboxylic acids is 1. The minimum Gasteiger partial charge on any atom is -0.354 e. The van der Waals surface area contributed by atoms with Crippen molar-refractivity contribution in [3.63, 3.8) is 0 Å². The van der Waals surface area contributed by atoms with E-state index < -0.39 is 5.41 Å². The summed E-state index contributed by atoms with van der Waals surface area (Å²) in [6.45, 7) is 4.02. The molecule has 0 saturated heterocycles. The van der Waals surface area contributed by atoms with Crippen LogP contribution in [-0.2, 0) is 4.79 Å². The van der Waals surface area contributed by atoms with E-state index in [4.69, 9.17) is 11.0 Å². The van der Waals surface area contributed by atoms with Crippen LogP contribution in [0.2, 0.25) is 0 Å². The molecule has 4 heteroatoms. The first-order valence-electron chi connectivity index (χ1n) is 5.91. The molecule has 1 rings (SSSR count). The molecule has 0 heterocycles. The molecule has 1 fully saturated rings. The van der Waals surface area contributed by atoms with Crippen molar-refractivity contribution in [3.05, 3.63) is 0 Å². The highest BCUT2D eigenvalue weighted by Gasteiger charge is 2.29. The molecule has 0 aromatic heterocycles. The Bertz CT molecular complexity index is 293. The summed E-state index contributed by atoms with van der Waals surface area (Å²) in [5.41, 5.74) is 5.42. The molecule has 0 aromatic carbocycles. The molecule has 0 aromatic rings. The molecule has 0 spiro atoms. The Hall–Kier alpha value is -1.08. The molecule has 3 N–H and O–H groups in total. The van der Waals surface area contributed by atoms with Crippen molar-refractivity contribution >= 4 is 5.91 Å². The summed E-state index contributed by atoms with van der Waals surface area (Å²) in [6, 6.07) is 2.15. The Balaban J connectivity index is 2.43. The molecule has 0 bridgehead atoms. The Morgan fingerprint density at radius 1 is 1.50 bits per heavy atom. The van der Waals surface area contributed by atoms with Gasteiger partial charge in [0.25, 0.3) is 0 Å². The van der Waals surface area contributed by atoms with Gasteiger partial charge in [-0.3, -0.25) is 4.79 Å². The molecule has 4 nitrogen and oxygen atoms in total. The maximum Gasteiger partial charge on any atom is 0.224 e. The van der Waals surface area contributed by atoms with Crippen molar-refractivity contribution in [2.75, 3.05) is 6.54 Å². The molecule has 2 unspecified atom stereocenters. The average Bonchev–Trinajstić information content (AvgIpc) is 2.27. The first-order chi connectivity index (χ1) is 7.46. The fourth-order valence-electron chi connectivity index (χ4n) is 1.96. The van der Waals surface area contributed by atoms with Gasteiger partial charge in [-0.1, -0.05) is 12.8 Å². The molecule has 1 saturated carbocycles. The maximum absolute atomic E-state index is 11.9. The lowest BCUT2D eigenvalue weighted by Crippen LogP contribution is -2.45. The molecule has 1 amide bonds. The lowest BCUT2D eigenvalue weighted by molar-refractivity contribution is -0.126. The first kappa shape index (κ1) is 13.0. The number of hydrogen-bond acceptors (Lipinski definition) is 3. The van der Waals surface area contributed by atoms with Gasteiger partial charge >= 0.3 is 0 Å². The monoisotopic (exact) mass is 223 g/mol. The van der Waals surface area contributed by atoms with Gasteiger partial charge in [0.1, 0.15) is 0 Å². The fourth-order valence-corrected chi connectivity index (χ4v) is 1.96. The zero-order chi connectivity index (χ0) is 12.2.